The molecule has 0 saturated carbocycles. The first-order valence-electron chi connectivity index (χ1n) is 8.93. The summed E-state index contributed by atoms with van der Waals surface area (Å²) < 4.78 is 24.7. The van der Waals surface area contributed by atoms with Gasteiger partial charge in [-0.15, -0.1) is 0 Å². The molecule has 2 aromatic rings. The van der Waals surface area contributed by atoms with Gasteiger partial charge >= 0.3 is 0 Å². The maximum Gasteiger partial charge on any atom is 0.246 e. The molecule has 2 aromatic carbocycles. The van der Waals surface area contributed by atoms with Crippen LogP contribution in [0.4, 0.5) is 4.39 Å². The highest BCUT2D eigenvalue weighted by molar-refractivity contribution is 7.99. The lowest BCUT2D eigenvalue weighted by atomic mass is 10.1. The van der Waals surface area contributed by atoms with Gasteiger partial charge in [0, 0.05) is 35.7 Å². The zero-order chi connectivity index (χ0) is 18.6. The highest BCUT2D eigenvalue weighted by Crippen LogP contribution is 2.36. The predicted molar refractivity (Wildman–Crippen MR) is 104 cm³/mol. The second-order valence-corrected chi connectivity index (χ2v) is 7.75. The summed E-state index contributed by atoms with van der Waals surface area (Å²) in [6.07, 6.45) is 4.12. The minimum Gasteiger partial charge on any atom is -0.454 e. The molecule has 0 aliphatic carbocycles. The monoisotopic (exact) mass is 385 g/mol. The Labute approximate surface area is 162 Å². The first-order chi connectivity index (χ1) is 13.2. The number of amides is 1. The van der Waals surface area contributed by atoms with Crippen molar-refractivity contribution in [3.8, 4) is 11.5 Å². The van der Waals surface area contributed by atoms with E-state index in [1.165, 1.54) is 6.07 Å². The van der Waals surface area contributed by atoms with Gasteiger partial charge in [-0.05, 0) is 36.3 Å². The highest BCUT2D eigenvalue weighted by atomic mass is 32.2. The van der Waals surface area contributed by atoms with Crippen LogP contribution < -0.4 is 9.47 Å². The van der Waals surface area contributed by atoms with Gasteiger partial charge in [-0.25, -0.2) is 4.39 Å². The van der Waals surface area contributed by atoms with E-state index in [4.69, 9.17) is 9.47 Å². The van der Waals surface area contributed by atoms with Crippen molar-refractivity contribution in [1.29, 1.82) is 0 Å². The van der Waals surface area contributed by atoms with E-state index in [-0.39, 0.29) is 23.8 Å². The number of thioether (sulfide) groups is 1. The molecule has 140 valence electrons. The van der Waals surface area contributed by atoms with E-state index in [2.05, 4.69) is 0 Å². The Bertz CT molecular complexity index is 870. The number of ether oxygens (including phenoxy) is 2. The number of hydrogen-bond donors (Lipinski definition) is 0. The molecule has 6 heteroatoms. The van der Waals surface area contributed by atoms with E-state index < -0.39 is 0 Å². The summed E-state index contributed by atoms with van der Waals surface area (Å²) in [6.45, 7) is 1.52. The molecule has 2 heterocycles. The molecule has 0 N–H and O–H groups in total. The summed E-state index contributed by atoms with van der Waals surface area (Å²) >= 11 is 1.71. The van der Waals surface area contributed by atoms with E-state index in [1.54, 1.807) is 30.0 Å². The van der Waals surface area contributed by atoms with Crippen LogP contribution in [0.1, 0.15) is 22.8 Å². The third kappa shape index (κ3) is 4.11. The fourth-order valence-electron chi connectivity index (χ4n) is 3.26. The van der Waals surface area contributed by atoms with Gasteiger partial charge in [0.2, 0.25) is 12.7 Å². The first kappa shape index (κ1) is 17.9. The van der Waals surface area contributed by atoms with Crippen molar-refractivity contribution in [3.63, 3.8) is 0 Å². The van der Waals surface area contributed by atoms with Crippen molar-refractivity contribution in [2.75, 3.05) is 25.6 Å². The van der Waals surface area contributed by atoms with Crippen LogP contribution in [0.2, 0.25) is 0 Å². The Balaban J connectivity index is 1.39. The van der Waals surface area contributed by atoms with Crippen molar-refractivity contribution in [2.24, 2.45) is 0 Å². The number of carbonyl (C=O) groups excluding carboxylic acids is 1. The molecular weight excluding hydrogens is 365 g/mol. The lowest BCUT2D eigenvalue weighted by Crippen LogP contribution is -2.31. The lowest BCUT2D eigenvalue weighted by Gasteiger charge is -2.18. The van der Waals surface area contributed by atoms with Crippen molar-refractivity contribution in [1.82, 2.24) is 4.90 Å². The van der Waals surface area contributed by atoms with Gasteiger partial charge in [-0.3, -0.25) is 4.79 Å². The molecule has 1 amide bonds. The van der Waals surface area contributed by atoms with Crippen LogP contribution in [-0.2, 0) is 4.79 Å². The van der Waals surface area contributed by atoms with Crippen molar-refractivity contribution in [3.05, 3.63) is 65.5 Å². The Morgan fingerprint density at radius 2 is 2.00 bits per heavy atom. The number of rotatable bonds is 3. The molecule has 2 aliphatic rings. The van der Waals surface area contributed by atoms with Gasteiger partial charge in [-0.2, -0.15) is 11.8 Å². The molecule has 27 heavy (non-hydrogen) atoms. The van der Waals surface area contributed by atoms with Gasteiger partial charge in [0.25, 0.3) is 0 Å². The van der Waals surface area contributed by atoms with Crippen LogP contribution in [0.5, 0.6) is 11.5 Å². The molecule has 1 saturated heterocycles. The molecule has 0 spiro atoms. The SMILES string of the molecule is O=C(C=Cc1ccc2c(c1)OCO2)N1CCSC(c2ccccc2F)CC1. The molecule has 0 aromatic heterocycles. The molecule has 4 rings (SSSR count). The van der Waals surface area contributed by atoms with Crippen LogP contribution in [-0.4, -0.2) is 36.4 Å². The summed E-state index contributed by atoms with van der Waals surface area (Å²) in [5.74, 6) is 2.02. The maximum atomic E-state index is 14.0. The fraction of sp³-hybridized carbons (Fsp3) is 0.286. The lowest BCUT2D eigenvalue weighted by molar-refractivity contribution is -0.125. The molecule has 4 nitrogen and oxygen atoms in total. The second kappa shape index (κ2) is 8.05. The molecule has 1 atom stereocenters. The van der Waals surface area contributed by atoms with Crippen molar-refractivity contribution in [2.45, 2.75) is 11.7 Å². The molecule has 2 aliphatic heterocycles. The van der Waals surface area contributed by atoms with Crippen LogP contribution in [0, 0.1) is 5.82 Å². The van der Waals surface area contributed by atoms with Gasteiger partial charge in [0.05, 0.1) is 0 Å². The van der Waals surface area contributed by atoms with E-state index in [9.17, 15) is 9.18 Å². The molecule has 1 unspecified atom stereocenters. The molecule has 0 bridgehead atoms. The van der Waals surface area contributed by atoms with Gasteiger partial charge < -0.3 is 14.4 Å². The smallest absolute Gasteiger partial charge is 0.246 e. The number of halogens is 1. The number of fused-ring (bicyclic) bond motifs is 1. The summed E-state index contributed by atoms with van der Waals surface area (Å²) in [7, 11) is 0. The van der Waals surface area contributed by atoms with Gasteiger partial charge in [-0.1, -0.05) is 24.3 Å². The Morgan fingerprint density at radius 1 is 1.15 bits per heavy atom. The van der Waals surface area contributed by atoms with Gasteiger partial charge in [0.15, 0.2) is 11.5 Å². The van der Waals surface area contributed by atoms with Crippen LogP contribution in [0.3, 0.4) is 0 Å². The maximum absolute atomic E-state index is 14.0. The van der Waals surface area contributed by atoms with Crippen molar-refractivity contribution < 1.29 is 18.7 Å². The topological polar surface area (TPSA) is 38.8 Å². The van der Waals surface area contributed by atoms with Gasteiger partial charge in [0.1, 0.15) is 5.82 Å². The van der Waals surface area contributed by atoms with E-state index in [0.29, 0.717) is 18.8 Å². The summed E-state index contributed by atoms with van der Waals surface area (Å²) in [4.78, 5) is 14.4. The standard InChI is InChI=1S/C21H20FNO3S/c22-17-4-2-1-3-16(17)20-9-10-23(11-12-27-20)21(24)8-6-15-5-7-18-19(13-15)26-14-25-18/h1-8,13,20H,9-12,14H2. The van der Waals surface area contributed by atoms with E-state index in [1.807, 2.05) is 35.2 Å². The minimum atomic E-state index is -0.169. The fourth-order valence-corrected chi connectivity index (χ4v) is 4.52. The Hall–Kier alpha value is -2.47. The second-order valence-electron chi connectivity index (χ2n) is 6.44. The minimum absolute atomic E-state index is 0.0255. The van der Waals surface area contributed by atoms with E-state index in [0.717, 1.165) is 29.1 Å². The third-order valence-electron chi connectivity index (χ3n) is 4.72. The number of carbonyl (C=O) groups is 1. The van der Waals surface area contributed by atoms with Crippen molar-refractivity contribution >= 4 is 23.7 Å². The Morgan fingerprint density at radius 3 is 2.89 bits per heavy atom. The van der Waals surface area contributed by atoms with Crippen LogP contribution in [0.15, 0.2) is 48.5 Å². The zero-order valence-electron chi connectivity index (χ0n) is 14.8. The Kier molecular flexibility index (Phi) is 5.34. The number of nitrogens with zero attached hydrogens (tertiary/aromatic N) is 1. The van der Waals surface area contributed by atoms with Crippen LogP contribution >= 0.6 is 11.8 Å². The molecule has 1 fully saturated rings. The third-order valence-corrected chi connectivity index (χ3v) is 6.03. The number of benzene rings is 2. The van der Waals surface area contributed by atoms with Crippen LogP contribution in [0.25, 0.3) is 6.08 Å². The first-order valence-corrected chi connectivity index (χ1v) is 9.98. The number of hydrogen-bond acceptors (Lipinski definition) is 4. The zero-order valence-corrected chi connectivity index (χ0v) is 15.6. The predicted octanol–water partition coefficient (Wildman–Crippen LogP) is 4.27. The quantitative estimate of drug-likeness (QED) is 0.740. The normalized spacial score (nSPS) is 19.3. The molecule has 0 radical (unpaired) electrons. The largest absolute Gasteiger partial charge is 0.454 e. The average Bonchev–Trinajstić information content (AvgIpc) is 3.01. The highest BCUT2D eigenvalue weighted by Gasteiger charge is 2.22. The molecular formula is C21H20FNO3S. The van der Waals surface area contributed by atoms with E-state index >= 15 is 0 Å². The summed E-state index contributed by atoms with van der Waals surface area (Å²) in [5.41, 5.74) is 1.62. The summed E-state index contributed by atoms with van der Waals surface area (Å²) in [6, 6.07) is 12.5. The average molecular weight is 385 g/mol. The summed E-state index contributed by atoms with van der Waals surface area (Å²) in [5, 5.41) is 0.0850.